The van der Waals surface area contributed by atoms with Crippen LogP contribution < -0.4 is 5.32 Å². The lowest BCUT2D eigenvalue weighted by atomic mass is 10.2. The summed E-state index contributed by atoms with van der Waals surface area (Å²) >= 11 is 1.65. The largest absolute Gasteiger partial charge is 0.480 e. The quantitative estimate of drug-likeness (QED) is 0.769. The molecule has 1 aliphatic heterocycles. The number of rotatable bonds is 5. The molecule has 0 aromatic heterocycles. The van der Waals surface area contributed by atoms with Crippen molar-refractivity contribution in [1.29, 1.82) is 0 Å². The first-order chi connectivity index (χ1) is 8.49. The van der Waals surface area contributed by atoms with Gasteiger partial charge >= 0.3 is 12.0 Å². The van der Waals surface area contributed by atoms with E-state index in [1.165, 1.54) is 12.0 Å². The standard InChI is InChI=1S/C11H20N2O4S/c1-7(18-3)5-12-11(16)13-6-8(17-2)4-9(13)10(14)15/h7-9H,4-6H2,1-3H3,(H,12,16)(H,14,15). The molecule has 0 spiro atoms. The van der Waals surface area contributed by atoms with Crippen molar-refractivity contribution in [2.45, 2.75) is 30.7 Å². The van der Waals surface area contributed by atoms with E-state index in [0.29, 0.717) is 24.8 Å². The van der Waals surface area contributed by atoms with Gasteiger partial charge in [0.15, 0.2) is 0 Å². The van der Waals surface area contributed by atoms with Crippen LogP contribution in [0.2, 0.25) is 0 Å². The fourth-order valence-corrected chi connectivity index (χ4v) is 2.09. The monoisotopic (exact) mass is 276 g/mol. The molecule has 0 saturated carbocycles. The van der Waals surface area contributed by atoms with Crippen LogP contribution in [0.25, 0.3) is 0 Å². The number of urea groups is 1. The predicted molar refractivity (Wildman–Crippen MR) is 69.9 cm³/mol. The summed E-state index contributed by atoms with van der Waals surface area (Å²) in [4.78, 5) is 24.4. The molecule has 2 amide bonds. The van der Waals surface area contributed by atoms with Crippen molar-refractivity contribution in [3.05, 3.63) is 0 Å². The van der Waals surface area contributed by atoms with Crippen LogP contribution in [0.1, 0.15) is 13.3 Å². The number of hydrogen-bond donors (Lipinski definition) is 2. The molecule has 3 atom stereocenters. The molecule has 1 aliphatic rings. The zero-order valence-corrected chi connectivity index (χ0v) is 11.7. The summed E-state index contributed by atoms with van der Waals surface area (Å²) in [6.45, 7) is 2.86. The number of amides is 2. The van der Waals surface area contributed by atoms with Gasteiger partial charge < -0.3 is 20.1 Å². The van der Waals surface area contributed by atoms with Crippen LogP contribution in [0.5, 0.6) is 0 Å². The van der Waals surface area contributed by atoms with Crippen molar-refractivity contribution < 1.29 is 19.4 Å². The molecule has 104 valence electrons. The Bertz CT molecular complexity index is 313. The van der Waals surface area contributed by atoms with Crippen LogP contribution in [-0.4, -0.2) is 65.9 Å². The van der Waals surface area contributed by atoms with Gasteiger partial charge in [0.25, 0.3) is 0 Å². The third-order valence-corrected chi connectivity index (χ3v) is 4.06. The molecular weight excluding hydrogens is 256 g/mol. The maximum absolute atomic E-state index is 11.9. The first-order valence-corrected chi connectivity index (χ1v) is 7.11. The highest BCUT2D eigenvalue weighted by Crippen LogP contribution is 2.20. The Balaban J connectivity index is 2.56. The highest BCUT2D eigenvalue weighted by atomic mass is 32.2. The average Bonchev–Trinajstić information content (AvgIpc) is 2.79. The number of methoxy groups -OCH3 is 1. The minimum absolute atomic E-state index is 0.199. The molecule has 0 aliphatic carbocycles. The van der Waals surface area contributed by atoms with Crippen LogP contribution >= 0.6 is 11.8 Å². The van der Waals surface area contributed by atoms with Crippen molar-refractivity contribution >= 4 is 23.8 Å². The number of thioether (sulfide) groups is 1. The second kappa shape index (κ2) is 6.84. The zero-order chi connectivity index (χ0) is 13.7. The van der Waals surface area contributed by atoms with Crippen molar-refractivity contribution in [2.75, 3.05) is 26.5 Å². The molecule has 1 saturated heterocycles. The maximum atomic E-state index is 11.9. The number of aliphatic carboxylic acids is 1. The number of nitrogens with zero attached hydrogens (tertiary/aromatic N) is 1. The lowest BCUT2D eigenvalue weighted by Crippen LogP contribution is -2.47. The molecule has 0 bridgehead atoms. The van der Waals surface area contributed by atoms with E-state index in [4.69, 9.17) is 9.84 Å². The van der Waals surface area contributed by atoms with Crippen LogP contribution in [0.3, 0.4) is 0 Å². The molecule has 0 radical (unpaired) electrons. The minimum atomic E-state index is -0.984. The molecule has 1 heterocycles. The minimum Gasteiger partial charge on any atom is -0.480 e. The van der Waals surface area contributed by atoms with Gasteiger partial charge in [0, 0.05) is 31.9 Å². The lowest BCUT2D eigenvalue weighted by molar-refractivity contribution is -0.141. The third kappa shape index (κ3) is 3.78. The molecule has 18 heavy (non-hydrogen) atoms. The average molecular weight is 276 g/mol. The van der Waals surface area contributed by atoms with Crippen LogP contribution in [0.15, 0.2) is 0 Å². The molecule has 3 unspecified atom stereocenters. The van der Waals surface area contributed by atoms with Crippen molar-refractivity contribution in [3.63, 3.8) is 0 Å². The Labute approximate surface area is 111 Å². The highest BCUT2D eigenvalue weighted by Gasteiger charge is 2.39. The van der Waals surface area contributed by atoms with Gasteiger partial charge in [-0.25, -0.2) is 9.59 Å². The topological polar surface area (TPSA) is 78.9 Å². The Morgan fingerprint density at radius 2 is 2.28 bits per heavy atom. The van der Waals surface area contributed by atoms with Gasteiger partial charge in [0.05, 0.1) is 6.10 Å². The first kappa shape index (κ1) is 15.1. The van der Waals surface area contributed by atoms with E-state index in [9.17, 15) is 9.59 Å². The summed E-state index contributed by atoms with van der Waals surface area (Å²) in [7, 11) is 1.53. The molecule has 6 nitrogen and oxygen atoms in total. The molecule has 1 rings (SSSR count). The van der Waals surface area contributed by atoms with Gasteiger partial charge in [0.1, 0.15) is 6.04 Å². The zero-order valence-electron chi connectivity index (χ0n) is 10.9. The lowest BCUT2D eigenvalue weighted by Gasteiger charge is -2.22. The molecule has 7 heteroatoms. The molecule has 0 aromatic carbocycles. The first-order valence-electron chi connectivity index (χ1n) is 5.82. The highest BCUT2D eigenvalue weighted by molar-refractivity contribution is 7.99. The molecule has 1 fully saturated rings. The van der Waals surface area contributed by atoms with Crippen molar-refractivity contribution in [2.24, 2.45) is 0 Å². The van der Waals surface area contributed by atoms with Crippen LogP contribution in [0.4, 0.5) is 4.79 Å². The Morgan fingerprint density at radius 1 is 1.61 bits per heavy atom. The van der Waals surface area contributed by atoms with E-state index in [-0.39, 0.29) is 12.1 Å². The second-order valence-electron chi connectivity index (χ2n) is 4.33. The van der Waals surface area contributed by atoms with E-state index < -0.39 is 12.0 Å². The van der Waals surface area contributed by atoms with E-state index in [1.807, 2.05) is 13.2 Å². The van der Waals surface area contributed by atoms with E-state index >= 15 is 0 Å². The smallest absolute Gasteiger partial charge is 0.326 e. The van der Waals surface area contributed by atoms with Gasteiger partial charge in [-0.2, -0.15) is 11.8 Å². The molecular formula is C11H20N2O4S. The number of likely N-dealkylation sites (tertiary alicyclic amines) is 1. The Hall–Kier alpha value is -0.950. The van der Waals surface area contributed by atoms with Gasteiger partial charge in [-0.3, -0.25) is 0 Å². The van der Waals surface area contributed by atoms with Gasteiger partial charge in [-0.15, -0.1) is 0 Å². The van der Waals surface area contributed by atoms with E-state index in [2.05, 4.69) is 5.32 Å². The fraction of sp³-hybridized carbons (Fsp3) is 0.818. The van der Waals surface area contributed by atoms with Gasteiger partial charge in [0.2, 0.25) is 0 Å². The Morgan fingerprint density at radius 3 is 2.78 bits per heavy atom. The predicted octanol–water partition coefficient (Wildman–Crippen LogP) is 0.621. The number of carbonyl (C=O) groups is 2. The van der Waals surface area contributed by atoms with Crippen LogP contribution in [-0.2, 0) is 9.53 Å². The Kier molecular flexibility index (Phi) is 5.74. The third-order valence-electron chi connectivity index (χ3n) is 3.09. The SMILES string of the molecule is COC1CC(C(=O)O)N(C(=O)NCC(C)SC)C1. The van der Waals surface area contributed by atoms with Gasteiger partial charge in [-0.1, -0.05) is 6.92 Å². The number of ether oxygens (including phenoxy) is 1. The normalized spacial score (nSPS) is 24.9. The summed E-state index contributed by atoms with van der Waals surface area (Å²) in [6, 6.07) is -1.12. The number of nitrogens with one attached hydrogen (secondary N) is 1. The van der Waals surface area contributed by atoms with Crippen LogP contribution in [0, 0.1) is 0 Å². The van der Waals surface area contributed by atoms with Gasteiger partial charge in [-0.05, 0) is 6.26 Å². The molecule has 2 N–H and O–H groups in total. The number of carboxylic acids is 1. The van der Waals surface area contributed by atoms with Crippen molar-refractivity contribution in [3.8, 4) is 0 Å². The second-order valence-corrected chi connectivity index (χ2v) is 5.61. The summed E-state index contributed by atoms with van der Waals surface area (Å²) in [6.07, 6.45) is 2.11. The van der Waals surface area contributed by atoms with Crippen molar-refractivity contribution in [1.82, 2.24) is 10.2 Å². The molecule has 0 aromatic rings. The van der Waals surface area contributed by atoms with E-state index in [1.54, 1.807) is 11.8 Å². The summed E-state index contributed by atoms with van der Waals surface area (Å²) in [5, 5.41) is 12.1. The number of carboxylic acid groups (broad SMARTS) is 1. The van der Waals surface area contributed by atoms with E-state index in [0.717, 1.165) is 0 Å². The summed E-state index contributed by atoms with van der Waals surface area (Å²) in [5.41, 5.74) is 0. The maximum Gasteiger partial charge on any atom is 0.326 e. The summed E-state index contributed by atoms with van der Waals surface area (Å²) in [5.74, 6) is -0.984. The fourth-order valence-electron chi connectivity index (χ4n) is 1.84. The summed E-state index contributed by atoms with van der Waals surface area (Å²) < 4.78 is 5.13. The number of carbonyl (C=O) groups excluding carboxylic acids is 1. The number of hydrogen-bond acceptors (Lipinski definition) is 4.